The molecule has 0 aromatic heterocycles. The Balaban J connectivity index is 2.11. The van der Waals surface area contributed by atoms with Gasteiger partial charge in [-0.25, -0.2) is 0 Å². The molecule has 21 heavy (non-hydrogen) atoms. The second kappa shape index (κ2) is 7.28. The van der Waals surface area contributed by atoms with Crippen LogP contribution in [0.25, 0.3) is 0 Å². The molecular weight excluding hydrogens is 286 g/mol. The van der Waals surface area contributed by atoms with Gasteiger partial charge in [-0.1, -0.05) is 37.6 Å². The number of halogens is 1. The summed E-state index contributed by atoms with van der Waals surface area (Å²) in [6.45, 7) is 5.97. The summed E-state index contributed by atoms with van der Waals surface area (Å²) in [5, 5.41) is 3.78. The SMILES string of the molecule is CC(=O)N[C@@H]1C[C@H](CC(C)C)O[C@H](c2ccc(Cl)cc2)C1. The van der Waals surface area contributed by atoms with Crippen LogP contribution in [0, 0.1) is 5.92 Å². The first-order chi connectivity index (χ1) is 9.94. The standard InChI is InChI=1S/C17H24ClNO2/c1-11(2)8-16-9-15(19-12(3)20)10-17(21-16)13-4-6-14(18)7-5-13/h4-7,11,15-17H,8-10H2,1-3H3,(H,19,20)/t15-,16+,17+/m1/s1. The van der Waals surface area contributed by atoms with Crippen LogP contribution in [0.2, 0.25) is 5.02 Å². The predicted octanol–water partition coefficient (Wildman–Crippen LogP) is 4.11. The molecule has 0 bridgehead atoms. The minimum absolute atomic E-state index is 0.0246. The first-order valence-electron chi connectivity index (χ1n) is 7.62. The van der Waals surface area contributed by atoms with Crippen molar-refractivity contribution in [2.24, 2.45) is 5.92 Å². The molecule has 1 heterocycles. The van der Waals surface area contributed by atoms with E-state index in [2.05, 4.69) is 19.2 Å². The molecule has 3 nitrogen and oxygen atoms in total. The fraction of sp³-hybridized carbons (Fsp3) is 0.588. The maximum atomic E-state index is 11.4. The van der Waals surface area contributed by atoms with Crippen LogP contribution in [0.3, 0.4) is 0 Å². The average molecular weight is 310 g/mol. The van der Waals surface area contributed by atoms with Crippen LogP contribution in [0.15, 0.2) is 24.3 Å². The van der Waals surface area contributed by atoms with Gasteiger partial charge in [-0.05, 0) is 42.9 Å². The lowest BCUT2D eigenvalue weighted by Gasteiger charge is -2.36. The Morgan fingerprint density at radius 2 is 2.00 bits per heavy atom. The summed E-state index contributed by atoms with van der Waals surface area (Å²) in [6.07, 6.45) is 2.94. The van der Waals surface area contributed by atoms with Crippen molar-refractivity contribution in [3.63, 3.8) is 0 Å². The molecule has 0 spiro atoms. The monoisotopic (exact) mass is 309 g/mol. The van der Waals surface area contributed by atoms with E-state index in [4.69, 9.17) is 16.3 Å². The molecule has 1 amide bonds. The number of hydrogen-bond acceptors (Lipinski definition) is 2. The summed E-state index contributed by atoms with van der Waals surface area (Å²) in [5.74, 6) is 0.608. The largest absolute Gasteiger partial charge is 0.370 e. The number of rotatable bonds is 4. The molecule has 3 atom stereocenters. The Morgan fingerprint density at radius 3 is 2.57 bits per heavy atom. The second-order valence-electron chi connectivity index (χ2n) is 6.30. The molecule has 0 saturated carbocycles. The molecule has 1 aliphatic heterocycles. The van der Waals surface area contributed by atoms with Gasteiger partial charge in [-0.15, -0.1) is 0 Å². The summed E-state index contributed by atoms with van der Waals surface area (Å²) in [7, 11) is 0. The molecule has 1 N–H and O–H groups in total. The average Bonchev–Trinajstić information content (AvgIpc) is 2.37. The molecule has 0 radical (unpaired) electrons. The van der Waals surface area contributed by atoms with Gasteiger partial charge in [0.2, 0.25) is 5.91 Å². The first-order valence-corrected chi connectivity index (χ1v) is 8.00. The maximum absolute atomic E-state index is 11.4. The van der Waals surface area contributed by atoms with Crippen molar-refractivity contribution in [1.82, 2.24) is 5.32 Å². The quantitative estimate of drug-likeness (QED) is 0.909. The maximum Gasteiger partial charge on any atom is 0.217 e. The number of hydrogen-bond donors (Lipinski definition) is 1. The van der Waals surface area contributed by atoms with Crippen LogP contribution in [0.4, 0.5) is 0 Å². The smallest absolute Gasteiger partial charge is 0.217 e. The Labute approximate surface area is 132 Å². The molecule has 1 fully saturated rings. The molecule has 1 aromatic rings. The number of carbonyl (C=O) groups is 1. The summed E-state index contributed by atoms with van der Waals surface area (Å²) in [6, 6.07) is 7.98. The molecule has 1 saturated heterocycles. The van der Waals surface area contributed by atoms with Crippen molar-refractivity contribution in [3.8, 4) is 0 Å². The Morgan fingerprint density at radius 1 is 1.33 bits per heavy atom. The van der Waals surface area contributed by atoms with Gasteiger partial charge in [0.1, 0.15) is 0 Å². The van der Waals surface area contributed by atoms with E-state index < -0.39 is 0 Å². The van der Waals surface area contributed by atoms with Crippen molar-refractivity contribution < 1.29 is 9.53 Å². The van der Waals surface area contributed by atoms with Crippen LogP contribution in [-0.2, 0) is 9.53 Å². The van der Waals surface area contributed by atoms with E-state index in [-0.39, 0.29) is 24.2 Å². The molecule has 1 aromatic carbocycles. The number of benzene rings is 1. The van der Waals surface area contributed by atoms with Crippen LogP contribution < -0.4 is 5.32 Å². The number of carbonyl (C=O) groups excluding carboxylic acids is 1. The lowest BCUT2D eigenvalue weighted by molar-refractivity contribution is -0.122. The Kier molecular flexibility index (Phi) is 5.65. The van der Waals surface area contributed by atoms with E-state index in [0.717, 1.165) is 29.8 Å². The van der Waals surface area contributed by atoms with E-state index in [0.29, 0.717) is 5.92 Å². The molecule has 4 heteroatoms. The summed E-state index contributed by atoms with van der Waals surface area (Å²) in [5.41, 5.74) is 1.13. The minimum atomic E-state index is 0.0246. The van der Waals surface area contributed by atoms with Crippen molar-refractivity contribution >= 4 is 17.5 Å². The van der Waals surface area contributed by atoms with Gasteiger partial charge in [0.25, 0.3) is 0 Å². The van der Waals surface area contributed by atoms with Crippen molar-refractivity contribution in [2.75, 3.05) is 0 Å². The van der Waals surface area contributed by atoms with Crippen LogP contribution in [-0.4, -0.2) is 18.1 Å². The Hall–Kier alpha value is -1.06. The van der Waals surface area contributed by atoms with Gasteiger partial charge in [-0.2, -0.15) is 0 Å². The van der Waals surface area contributed by atoms with Gasteiger partial charge in [-0.3, -0.25) is 4.79 Å². The van der Waals surface area contributed by atoms with Crippen molar-refractivity contribution in [2.45, 2.75) is 58.3 Å². The highest BCUT2D eigenvalue weighted by atomic mass is 35.5. The van der Waals surface area contributed by atoms with Gasteiger partial charge in [0, 0.05) is 18.0 Å². The van der Waals surface area contributed by atoms with E-state index in [1.165, 1.54) is 0 Å². The van der Waals surface area contributed by atoms with E-state index in [1.54, 1.807) is 6.92 Å². The normalized spacial score (nSPS) is 25.9. The lowest BCUT2D eigenvalue weighted by atomic mass is 9.90. The van der Waals surface area contributed by atoms with Crippen molar-refractivity contribution in [3.05, 3.63) is 34.9 Å². The van der Waals surface area contributed by atoms with Gasteiger partial charge in [0.05, 0.1) is 12.2 Å². The van der Waals surface area contributed by atoms with E-state index >= 15 is 0 Å². The third kappa shape index (κ3) is 5.01. The van der Waals surface area contributed by atoms with Crippen LogP contribution in [0.1, 0.15) is 51.7 Å². The predicted molar refractivity (Wildman–Crippen MR) is 85.4 cm³/mol. The van der Waals surface area contributed by atoms with Crippen LogP contribution in [0.5, 0.6) is 0 Å². The van der Waals surface area contributed by atoms with Crippen LogP contribution >= 0.6 is 11.6 Å². The Bertz CT molecular complexity index is 472. The molecular formula is C17H24ClNO2. The highest BCUT2D eigenvalue weighted by Crippen LogP contribution is 2.34. The van der Waals surface area contributed by atoms with E-state index in [1.807, 2.05) is 24.3 Å². The summed E-state index contributed by atoms with van der Waals surface area (Å²) in [4.78, 5) is 11.4. The third-order valence-corrected chi connectivity index (χ3v) is 4.04. The fourth-order valence-corrected chi connectivity index (χ4v) is 3.12. The van der Waals surface area contributed by atoms with Gasteiger partial charge >= 0.3 is 0 Å². The topological polar surface area (TPSA) is 38.3 Å². The zero-order valence-corrected chi connectivity index (χ0v) is 13.7. The summed E-state index contributed by atoms with van der Waals surface area (Å²) < 4.78 is 6.24. The molecule has 0 aliphatic carbocycles. The van der Waals surface area contributed by atoms with Crippen molar-refractivity contribution in [1.29, 1.82) is 0 Å². The molecule has 2 rings (SSSR count). The summed E-state index contributed by atoms with van der Waals surface area (Å²) >= 11 is 5.95. The number of nitrogens with one attached hydrogen (secondary N) is 1. The van der Waals surface area contributed by atoms with Gasteiger partial charge < -0.3 is 10.1 Å². The minimum Gasteiger partial charge on any atom is -0.370 e. The lowest BCUT2D eigenvalue weighted by Crippen LogP contribution is -2.42. The number of ether oxygens (including phenoxy) is 1. The highest BCUT2D eigenvalue weighted by molar-refractivity contribution is 6.30. The van der Waals surface area contributed by atoms with E-state index in [9.17, 15) is 4.79 Å². The van der Waals surface area contributed by atoms with Gasteiger partial charge in [0.15, 0.2) is 0 Å². The second-order valence-corrected chi connectivity index (χ2v) is 6.73. The zero-order chi connectivity index (χ0) is 15.4. The highest BCUT2D eigenvalue weighted by Gasteiger charge is 2.31. The molecule has 0 unspecified atom stereocenters. The fourth-order valence-electron chi connectivity index (χ4n) is 2.99. The molecule has 116 valence electrons. The third-order valence-electron chi connectivity index (χ3n) is 3.79. The molecule has 1 aliphatic rings. The zero-order valence-electron chi connectivity index (χ0n) is 12.9. The first kappa shape index (κ1) is 16.3. The number of amides is 1.